The second-order valence-electron chi connectivity index (χ2n) is 6.95. The van der Waals surface area contributed by atoms with Gasteiger partial charge in [-0.05, 0) is 36.0 Å². The Hall–Kier alpha value is -1.26. The lowest BCUT2D eigenvalue weighted by atomic mass is 10.1. The van der Waals surface area contributed by atoms with E-state index in [0.29, 0.717) is 19.0 Å². The fourth-order valence-corrected chi connectivity index (χ4v) is 3.96. The molecular weight excluding hydrogens is 298 g/mol. The molecule has 118 valence electrons. The van der Waals surface area contributed by atoms with Crippen LogP contribution < -0.4 is 5.32 Å². The lowest BCUT2D eigenvalue weighted by Crippen LogP contribution is -2.45. The summed E-state index contributed by atoms with van der Waals surface area (Å²) in [4.78, 5) is 17.0. The molecule has 0 radical (unpaired) electrons. The highest BCUT2D eigenvalue weighted by molar-refractivity contribution is 6.31. The van der Waals surface area contributed by atoms with Gasteiger partial charge in [0.25, 0.3) is 0 Å². The molecule has 0 aromatic heterocycles. The number of carbonyl (C=O) groups is 1. The van der Waals surface area contributed by atoms with Crippen molar-refractivity contribution >= 4 is 17.6 Å². The fraction of sp³-hybridized carbons (Fsp3) is 0.588. The SMILES string of the molecule is CC1CN(C2CC2)CC1NC(=O)N1Cc2cccc(Cl)c2C1. The van der Waals surface area contributed by atoms with E-state index in [9.17, 15) is 4.79 Å². The first-order valence-corrected chi connectivity index (χ1v) is 8.55. The van der Waals surface area contributed by atoms with Crippen LogP contribution >= 0.6 is 11.6 Å². The van der Waals surface area contributed by atoms with Gasteiger partial charge >= 0.3 is 6.03 Å². The van der Waals surface area contributed by atoms with Crippen LogP contribution in [0, 0.1) is 5.92 Å². The molecule has 5 heteroatoms. The van der Waals surface area contributed by atoms with Gasteiger partial charge in [0.05, 0.1) is 0 Å². The number of halogens is 1. The molecule has 2 amide bonds. The molecule has 3 aliphatic rings. The van der Waals surface area contributed by atoms with Gasteiger partial charge in [0.15, 0.2) is 0 Å². The van der Waals surface area contributed by atoms with E-state index in [1.165, 1.54) is 18.4 Å². The minimum atomic E-state index is 0.0433. The number of nitrogens with one attached hydrogen (secondary N) is 1. The van der Waals surface area contributed by atoms with Crippen molar-refractivity contribution < 1.29 is 4.79 Å². The Morgan fingerprint density at radius 2 is 2.09 bits per heavy atom. The molecule has 2 aliphatic heterocycles. The van der Waals surface area contributed by atoms with Gasteiger partial charge in [0, 0.05) is 43.3 Å². The standard InChI is InChI=1S/C17H22ClN3O/c1-11-7-20(13-5-6-13)10-16(11)19-17(22)21-8-12-3-2-4-15(18)14(12)9-21/h2-4,11,13,16H,5-10H2,1H3,(H,19,22). The Morgan fingerprint density at radius 1 is 1.27 bits per heavy atom. The summed E-state index contributed by atoms with van der Waals surface area (Å²) in [6, 6.07) is 7.00. The number of benzene rings is 1. The molecule has 2 fully saturated rings. The highest BCUT2D eigenvalue weighted by Crippen LogP contribution is 2.32. The first kappa shape index (κ1) is 14.3. The zero-order chi connectivity index (χ0) is 15.3. The van der Waals surface area contributed by atoms with E-state index in [0.717, 1.165) is 29.7 Å². The molecule has 4 rings (SSSR count). The molecule has 1 aromatic rings. The van der Waals surface area contributed by atoms with Crippen molar-refractivity contribution in [2.24, 2.45) is 5.92 Å². The summed E-state index contributed by atoms with van der Waals surface area (Å²) in [6.45, 7) is 5.63. The second kappa shape index (κ2) is 5.43. The number of rotatable bonds is 2. The van der Waals surface area contributed by atoms with Gasteiger partial charge in [0.2, 0.25) is 0 Å². The van der Waals surface area contributed by atoms with E-state index < -0.39 is 0 Å². The maximum atomic E-state index is 12.6. The van der Waals surface area contributed by atoms with Crippen LogP contribution in [0.3, 0.4) is 0 Å². The molecule has 1 saturated heterocycles. The molecule has 2 unspecified atom stereocenters. The first-order valence-electron chi connectivity index (χ1n) is 8.17. The monoisotopic (exact) mass is 319 g/mol. The maximum Gasteiger partial charge on any atom is 0.318 e. The molecule has 2 heterocycles. The highest BCUT2D eigenvalue weighted by Gasteiger charge is 2.39. The van der Waals surface area contributed by atoms with Crippen molar-refractivity contribution in [2.45, 2.75) is 44.9 Å². The number of hydrogen-bond acceptors (Lipinski definition) is 2. The second-order valence-corrected chi connectivity index (χ2v) is 7.36. The topological polar surface area (TPSA) is 35.6 Å². The van der Waals surface area contributed by atoms with Gasteiger partial charge in [-0.3, -0.25) is 4.90 Å². The highest BCUT2D eigenvalue weighted by atomic mass is 35.5. The third kappa shape index (κ3) is 2.59. The first-order chi connectivity index (χ1) is 10.6. The normalized spacial score (nSPS) is 28.0. The van der Waals surface area contributed by atoms with Gasteiger partial charge in [-0.1, -0.05) is 30.7 Å². The minimum Gasteiger partial charge on any atom is -0.334 e. The van der Waals surface area contributed by atoms with Gasteiger partial charge in [-0.25, -0.2) is 4.79 Å². The van der Waals surface area contributed by atoms with Crippen molar-refractivity contribution in [1.29, 1.82) is 0 Å². The van der Waals surface area contributed by atoms with Crippen molar-refractivity contribution in [2.75, 3.05) is 13.1 Å². The summed E-state index contributed by atoms with van der Waals surface area (Å²) in [7, 11) is 0. The Bertz CT molecular complexity index is 602. The molecule has 0 bridgehead atoms. The van der Waals surface area contributed by atoms with Gasteiger partial charge in [-0.2, -0.15) is 0 Å². The third-order valence-electron chi connectivity index (χ3n) is 5.23. The zero-order valence-corrected chi connectivity index (χ0v) is 13.6. The third-order valence-corrected chi connectivity index (χ3v) is 5.58. The Morgan fingerprint density at radius 3 is 2.82 bits per heavy atom. The van der Waals surface area contributed by atoms with E-state index in [1.54, 1.807) is 0 Å². The molecule has 4 nitrogen and oxygen atoms in total. The van der Waals surface area contributed by atoms with E-state index in [4.69, 9.17) is 11.6 Å². The molecule has 1 saturated carbocycles. The van der Waals surface area contributed by atoms with Gasteiger partial charge < -0.3 is 10.2 Å². The number of hydrogen-bond donors (Lipinski definition) is 1. The average Bonchev–Trinajstić information content (AvgIpc) is 3.14. The lowest BCUT2D eigenvalue weighted by Gasteiger charge is -2.22. The smallest absolute Gasteiger partial charge is 0.318 e. The van der Waals surface area contributed by atoms with Crippen molar-refractivity contribution in [3.05, 3.63) is 34.3 Å². The van der Waals surface area contributed by atoms with Crippen molar-refractivity contribution in [1.82, 2.24) is 15.1 Å². The molecule has 1 N–H and O–H groups in total. The number of nitrogens with zero attached hydrogens (tertiary/aromatic N) is 2. The number of amides is 2. The van der Waals surface area contributed by atoms with Crippen molar-refractivity contribution in [3.8, 4) is 0 Å². The predicted octanol–water partition coefficient (Wildman–Crippen LogP) is 2.85. The van der Waals surface area contributed by atoms with Crippen LogP contribution in [0.2, 0.25) is 5.02 Å². The van der Waals surface area contributed by atoms with E-state index >= 15 is 0 Å². The quantitative estimate of drug-likeness (QED) is 0.910. The van der Waals surface area contributed by atoms with Crippen LogP contribution in [-0.4, -0.2) is 41.0 Å². The Balaban J connectivity index is 1.38. The minimum absolute atomic E-state index is 0.0433. The summed E-state index contributed by atoms with van der Waals surface area (Å²) in [6.07, 6.45) is 2.65. The summed E-state index contributed by atoms with van der Waals surface area (Å²) in [5, 5.41) is 4.01. The molecule has 22 heavy (non-hydrogen) atoms. The van der Waals surface area contributed by atoms with E-state index in [2.05, 4.69) is 23.2 Å². The van der Waals surface area contributed by atoms with Crippen LogP contribution in [-0.2, 0) is 13.1 Å². The number of fused-ring (bicyclic) bond motifs is 1. The van der Waals surface area contributed by atoms with Gasteiger partial charge in [-0.15, -0.1) is 0 Å². The number of likely N-dealkylation sites (tertiary alicyclic amines) is 1. The largest absolute Gasteiger partial charge is 0.334 e. The molecule has 1 aliphatic carbocycles. The predicted molar refractivity (Wildman–Crippen MR) is 86.8 cm³/mol. The Labute approximate surface area is 136 Å². The van der Waals surface area contributed by atoms with Crippen molar-refractivity contribution in [3.63, 3.8) is 0 Å². The van der Waals surface area contributed by atoms with Crippen LogP contribution in [0.5, 0.6) is 0 Å². The zero-order valence-electron chi connectivity index (χ0n) is 12.9. The molecule has 1 aromatic carbocycles. The summed E-state index contributed by atoms with van der Waals surface area (Å²) >= 11 is 6.23. The van der Waals surface area contributed by atoms with E-state index in [-0.39, 0.29) is 12.1 Å². The summed E-state index contributed by atoms with van der Waals surface area (Å²) < 4.78 is 0. The van der Waals surface area contributed by atoms with Gasteiger partial charge in [0.1, 0.15) is 0 Å². The van der Waals surface area contributed by atoms with E-state index in [1.807, 2.05) is 17.0 Å². The Kier molecular flexibility index (Phi) is 3.54. The van der Waals surface area contributed by atoms with Crippen LogP contribution in [0.25, 0.3) is 0 Å². The van der Waals surface area contributed by atoms with Crippen LogP contribution in [0.4, 0.5) is 4.79 Å². The number of urea groups is 1. The summed E-state index contributed by atoms with van der Waals surface area (Å²) in [5.74, 6) is 0.526. The molecule has 2 atom stereocenters. The van der Waals surface area contributed by atoms with Crippen LogP contribution in [0.1, 0.15) is 30.9 Å². The maximum absolute atomic E-state index is 12.6. The molecule has 0 spiro atoms. The average molecular weight is 320 g/mol. The summed E-state index contributed by atoms with van der Waals surface area (Å²) in [5.41, 5.74) is 2.26. The number of carbonyl (C=O) groups excluding carboxylic acids is 1. The lowest BCUT2D eigenvalue weighted by molar-refractivity contribution is 0.192. The fourth-order valence-electron chi connectivity index (χ4n) is 3.70. The molecular formula is C17H22ClN3O. The van der Waals surface area contributed by atoms with Crippen LogP contribution in [0.15, 0.2) is 18.2 Å².